The summed E-state index contributed by atoms with van der Waals surface area (Å²) in [7, 11) is 0. The van der Waals surface area contributed by atoms with Crippen LogP contribution in [-0.2, 0) is 9.53 Å². The second-order valence-corrected chi connectivity index (χ2v) is 13.3. The maximum absolute atomic E-state index is 12.3. The lowest BCUT2D eigenvalue weighted by atomic mass is 10.0. The van der Waals surface area contributed by atoms with Gasteiger partial charge in [-0.25, -0.2) is 0 Å². The average molecular weight is 619 g/mol. The zero-order chi connectivity index (χ0) is 31.3. The molecule has 0 rings (SSSR count). The third kappa shape index (κ3) is 35.3. The van der Waals surface area contributed by atoms with Crippen molar-refractivity contribution in [2.75, 3.05) is 19.8 Å². The van der Waals surface area contributed by atoms with E-state index >= 15 is 0 Å². The summed E-state index contributed by atoms with van der Waals surface area (Å²) in [5.41, 5.74) is 0. The highest BCUT2D eigenvalue weighted by Crippen LogP contribution is 2.17. The molecular formula is C39H70O3S. The van der Waals surface area contributed by atoms with E-state index in [0.717, 1.165) is 45.1 Å². The van der Waals surface area contributed by atoms with E-state index in [4.69, 9.17) is 4.74 Å². The summed E-state index contributed by atoms with van der Waals surface area (Å²) in [6.45, 7) is 5.71. The Hall–Kier alpha value is -1.10. The number of hydrogen-bond donors (Lipinski definition) is 1. The summed E-state index contributed by atoms with van der Waals surface area (Å²) in [4.78, 5) is 12.3. The number of hydrogen-bond acceptors (Lipinski definition) is 4. The Morgan fingerprint density at radius 1 is 0.581 bits per heavy atom. The van der Waals surface area contributed by atoms with E-state index in [1.807, 2.05) is 0 Å². The summed E-state index contributed by atoms with van der Waals surface area (Å²) in [5, 5.41) is 9.66. The summed E-state index contributed by atoms with van der Waals surface area (Å²) >= 11 is 1.26. The van der Waals surface area contributed by atoms with Gasteiger partial charge < -0.3 is 9.84 Å². The van der Waals surface area contributed by atoms with Crippen molar-refractivity contribution in [2.24, 2.45) is 0 Å². The number of aliphatic hydroxyl groups is 1. The first kappa shape index (κ1) is 41.9. The van der Waals surface area contributed by atoms with Crippen LogP contribution in [0.3, 0.4) is 0 Å². The van der Waals surface area contributed by atoms with Crippen molar-refractivity contribution in [1.29, 1.82) is 0 Å². The quantitative estimate of drug-likeness (QED) is 0.0587. The molecule has 0 aliphatic carbocycles. The van der Waals surface area contributed by atoms with Crippen LogP contribution in [0.5, 0.6) is 0 Å². The topological polar surface area (TPSA) is 46.5 Å². The Morgan fingerprint density at radius 2 is 1.00 bits per heavy atom. The van der Waals surface area contributed by atoms with E-state index in [1.54, 1.807) is 0 Å². The Kier molecular flexibility index (Phi) is 36.1. The van der Waals surface area contributed by atoms with Gasteiger partial charge in [-0.1, -0.05) is 171 Å². The molecule has 0 heterocycles. The van der Waals surface area contributed by atoms with Gasteiger partial charge in [-0.05, 0) is 51.4 Å². The van der Waals surface area contributed by atoms with Crippen LogP contribution in [0.1, 0.15) is 168 Å². The molecule has 250 valence electrons. The van der Waals surface area contributed by atoms with Crippen LogP contribution in [-0.4, -0.2) is 35.3 Å². The number of allylic oxidation sites excluding steroid dienone is 8. The van der Waals surface area contributed by atoms with Crippen LogP contribution in [0, 0.1) is 0 Å². The van der Waals surface area contributed by atoms with Crippen molar-refractivity contribution in [2.45, 2.75) is 173 Å². The molecule has 0 aromatic heterocycles. The SMILES string of the molecule is CCCCC/C=C/C/C=C/C/C=C/C/C=C/CCCC(=O)S[C@@H](CO)COCCCCCCCCCCCCCCCC. The molecule has 0 bridgehead atoms. The zero-order valence-electron chi connectivity index (χ0n) is 28.5. The molecule has 0 amide bonds. The van der Waals surface area contributed by atoms with E-state index in [9.17, 15) is 9.90 Å². The molecule has 0 saturated carbocycles. The lowest BCUT2D eigenvalue weighted by Crippen LogP contribution is -2.19. The van der Waals surface area contributed by atoms with Crippen molar-refractivity contribution < 1.29 is 14.6 Å². The molecule has 1 N–H and O–H groups in total. The van der Waals surface area contributed by atoms with Gasteiger partial charge in [-0.3, -0.25) is 4.79 Å². The Labute approximate surface area is 272 Å². The minimum absolute atomic E-state index is 0.00762. The average Bonchev–Trinajstić information content (AvgIpc) is 3.01. The molecule has 0 radical (unpaired) electrons. The van der Waals surface area contributed by atoms with E-state index < -0.39 is 0 Å². The molecule has 0 aliphatic rings. The summed E-state index contributed by atoms with van der Waals surface area (Å²) in [6.07, 6.45) is 47.1. The van der Waals surface area contributed by atoms with E-state index in [-0.39, 0.29) is 17.0 Å². The van der Waals surface area contributed by atoms with Crippen LogP contribution in [0.25, 0.3) is 0 Å². The largest absolute Gasteiger partial charge is 0.395 e. The molecular weight excluding hydrogens is 548 g/mol. The third-order valence-corrected chi connectivity index (χ3v) is 8.74. The number of thioether (sulfide) groups is 1. The van der Waals surface area contributed by atoms with Gasteiger partial charge in [-0.2, -0.15) is 0 Å². The van der Waals surface area contributed by atoms with Crippen LogP contribution < -0.4 is 0 Å². The highest BCUT2D eigenvalue weighted by atomic mass is 32.2. The van der Waals surface area contributed by atoms with Gasteiger partial charge in [0.2, 0.25) is 0 Å². The number of ether oxygens (including phenoxy) is 1. The first-order valence-corrected chi connectivity index (χ1v) is 19.1. The molecule has 0 aromatic carbocycles. The Balaban J connectivity index is 3.56. The summed E-state index contributed by atoms with van der Waals surface area (Å²) < 4.78 is 5.78. The molecule has 0 aromatic rings. The number of unbranched alkanes of at least 4 members (excludes halogenated alkanes) is 17. The molecule has 4 heteroatoms. The normalized spacial score (nSPS) is 13.0. The highest BCUT2D eigenvalue weighted by Gasteiger charge is 2.13. The van der Waals surface area contributed by atoms with Gasteiger partial charge in [0.05, 0.1) is 18.5 Å². The van der Waals surface area contributed by atoms with E-state index in [0.29, 0.717) is 13.0 Å². The van der Waals surface area contributed by atoms with Gasteiger partial charge in [0.15, 0.2) is 5.12 Å². The van der Waals surface area contributed by atoms with Crippen molar-refractivity contribution in [3.8, 4) is 0 Å². The molecule has 1 atom stereocenters. The van der Waals surface area contributed by atoms with E-state index in [1.165, 1.54) is 121 Å². The molecule has 0 unspecified atom stereocenters. The standard InChI is InChI=1S/C39H70O3S/c1-3-5-7-9-11-13-15-17-19-20-21-22-24-26-28-30-32-34-39(41)43-38(36-40)37-42-35-33-31-29-27-25-23-18-16-14-12-10-8-6-4-2/h11,13,17,19,21-22,26,28,38,40H,3-10,12,14-16,18,20,23-25,27,29-37H2,1-2H3/b13-11+,19-17+,22-21+,28-26+/t38-/m0/s1. The van der Waals surface area contributed by atoms with Crippen LogP contribution in [0.4, 0.5) is 0 Å². The first-order valence-electron chi connectivity index (χ1n) is 18.2. The fourth-order valence-electron chi connectivity index (χ4n) is 4.91. The third-order valence-electron chi connectivity index (χ3n) is 7.66. The fourth-order valence-corrected chi connectivity index (χ4v) is 5.78. The molecule has 0 saturated heterocycles. The molecule has 0 aliphatic heterocycles. The molecule has 43 heavy (non-hydrogen) atoms. The lowest BCUT2D eigenvalue weighted by Gasteiger charge is -2.13. The Bertz CT molecular complexity index is 682. The smallest absolute Gasteiger partial charge is 0.189 e. The Morgan fingerprint density at radius 3 is 1.49 bits per heavy atom. The summed E-state index contributed by atoms with van der Waals surface area (Å²) in [6, 6.07) is 0. The van der Waals surface area contributed by atoms with Gasteiger partial charge >= 0.3 is 0 Å². The highest BCUT2D eigenvalue weighted by molar-refractivity contribution is 8.14. The van der Waals surface area contributed by atoms with Gasteiger partial charge in [0, 0.05) is 13.0 Å². The van der Waals surface area contributed by atoms with Crippen LogP contribution >= 0.6 is 11.8 Å². The summed E-state index contributed by atoms with van der Waals surface area (Å²) in [5.74, 6) is 0. The predicted molar refractivity (Wildman–Crippen MR) is 193 cm³/mol. The second kappa shape index (κ2) is 37.1. The number of rotatable bonds is 33. The first-order chi connectivity index (χ1) is 21.2. The number of carbonyl (C=O) groups excluding carboxylic acids is 1. The maximum Gasteiger partial charge on any atom is 0.189 e. The van der Waals surface area contributed by atoms with Gasteiger partial charge in [0.25, 0.3) is 0 Å². The van der Waals surface area contributed by atoms with Crippen LogP contribution in [0.2, 0.25) is 0 Å². The minimum atomic E-state index is -0.143. The van der Waals surface area contributed by atoms with E-state index in [2.05, 4.69) is 62.5 Å². The number of carbonyl (C=O) groups is 1. The number of aliphatic hydroxyl groups excluding tert-OH is 1. The molecule has 0 spiro atoms. The molecule has 3 nitrogen and oxygen atoms in total. The van der Waals surface area contributed by atoms with Crippen molar-refractivity contribution in [3.05, 3.63) is 48.6 Å². The van der Waals surface area contributed by atoms with Gasteiger partial charge in [-0.15, -0.1) is 0 Å². The predicted octanol–water partition coefficient (Wildman–Crippen LogP) is 12.3. The van der Waals surface area contributed by atoms with Crippen molar-refractivity contribution >= 4 is 16.9 Å². The van der Waals surface area contributed by atoms with Crippen LogP contribution in [0.15, 0.2) is 48.6 Å². The minimum Gasteiger partial charge on any atom is -0.395 e. The fraction of sp³-hybridized carbons (Fsp3) is 0.769. The zero-order valence-corrected chi connectivity index (χ0v) is 29.3. The van der Waals surface area contributed by atoms with Crippen molar-refractivity contribution in [1.82, 2.24) is 0 Å². The monoisotopic (exact) mass is 619 g/mol. The molecule has 0 fully saturated rings. The van der Waals surface area contributed by atoms with Crippen molar-refractivity contribution in [3.63, 3.8) is 0 Å². The van der Waals surface area contributed by atoms with Gasteiger partial charge in [0.1, 0.15) is 0 Å². The second-order valence-electron chi connectivity index (χ2n) is 11.9. The maximum atomic E-state index is 12.3. The lowest BCUT2D eigenvalue weighted by molar-refractivity contribution is -0.111.